The molecule has 8 nitrogen and oxygen atoms in total. The normalized spacial score (nSPS) is 15.2. The van der Waals surface area contributed by atoms with Gasteiger partial charge in [0.1, 0.15) is 0 Å². The fraction of sp³-hybridized carbons (Fsp3) is 0.750. The Bertz CT molecular complexity index is 825. The predicted molar refractivity (Wildman–Crippen MR) is 90.3 cm³/mol. The number of ether oxygens (including phenoxy) is 3. The van der Waals surface area contributed by atoms with Gasteiger partial charge in [-0.05, 0) is 18.8 Å². The Hall–Kier alpha value is -2.01. The zero-order valence-corrected chi connectivity index (χ0v) is 17.8. The van der Waals surface area contributed by atoms with E-state index in [1.807, 2.05) is 0 Å². The van der Waals surface area contributed by atoms with Crippen molar-refractivity contribution < 1.29 is 71.9 Å². The molecule has 0 aliphatic heterocycles. The monoisotopic (exact) mass is 523 g/mol. The molecule has 194 valence electrons. The van der Waals surface area contributed by atoms with Crippen LogP contribution in [-0.2, 0) is 33.9 Å². The van der Waals surface area contributed by atoms with Crippen LogP contribution >= 0.6 is 0 Å². The summed E-state index contributed by atoms with van der Waals surface area (Å²) in [5, 5.41) is -6.01. The summed E-state index contributed by atoms with van der Waals surface area (Å²) in [6.07, 6.45) is -9.98. The van der Waals surface area contributed by atoms with Crippen LogP contribution in [0, 0.1) is 5.92 Å². The maximum Gasteiger partial charge on any atom is 0.468 e. The zero-order valence-electron chi connectivity index (χ0n) is 17.0. The maximum absolute atomic E-state index is 13.6. The highest BCUT2D eigenvalue weighted by Gasteiger charge is 2.68. The fourth-order valence-electron chi connectivity index (χ4n) is 1.90. The van der Waals surface area contributed by atoms with Gasteiger partial charge in [0.15, 0.2) is 10.1 Å². The fourth-order valence-corrected chi connectivity index (χ4v) is 2.37. The minimum absolute atomic E-state index is 0.520. The Kier molecular flexibility index (Phi) is 10.3. The molecule has 0 aromatic heterocycles. The molecular weight excluding hydrogens is 504 g/mol. The second-order valence-corrected chi connectivity index (χ2v) is 8.30. The summed E-state index contributed by atoms with van der Waals surface area (Å²) in [4.78, 5) is 23.3. The Morgan fingerprint density at radius 2 is 1.55 bits per heavy atom. The highest BCUT2D eigenvalue weighted by atomic mass is 32.2. The third-order valence-electron chi connectivity index (χ3n) is 3.58. The van der Waals surface area contributed by atoms with Crippen LogP contribution in [0.1, 0.15) is 33.1 Å². The molecule has 0 bridgehead atoms. The highest BCUT2D eigenvalue weighted by molar-refractivity contribution is 7.86. The first-order valence-corrected chi connectivity index (χ1v) is 10.2. The summed E-state index contributed by atoms with van der Waals surface area (Å²) in [5.41, 5.74) is 0. The average molecular weight is 523 g/mol. The smallest absolute Gasteiger partial charge is 0.468 e. The number of alkyl halides is 7. The third-order valence-corrected chi connectivity index (χ3v) is 4.50. The van der Waals surface area contributed by atoms with E-state index < -0.39 is 89.4 Å². The standard InChI is InChI=1S/C16H20F8O8S/c1-9(2)8-30-12(26)14(15(20,21)22,32-11(25)10(3)17)31-7-5-4-6-13(18,19)16(23,24)33(27,28)29/h9H,3-8H2,1-2H3,(H,27,28,29)/p-1. The molecule has 17 heteroatoms. The molecule has 0 radical (unpaired) electrons. The van der Waals surface area contributed by atoms with Gasteiger partial charge in [0.2, 0.25) is 5.83 Å². The second-order valence-electron chi connectivity index (χ2n) is 6.88. The Morgan fingerprint density at radius 1 is 1.03 bits per heavy atom. The number of unbranched alkanes of at least 4 members (excludes halogenated alkanes) is 1. The van der Waals surface area contributed by atoms with Gasteiger partial charge in [-0.2, -0.15) is 35.1 Å². The Labute approximate surface area is 182 Å². The molecular formula is C16H19F8O8S-. The number of hydrogen-bond acceptors (Lipinski definition) is 8. The van der Waals surface area contributed by atoms with Crippen molar-refractivity contribution in [1.29, 1.82) is 0 Å². The third kappa shape index (κ3) is 7.77. The van der Waals surface area contributed by atoms with Crippen LogP contribution in [0.15, 0.2) is 12.4 Å². The number of hydrogen-bond donors (Lipinski definition) is 0. The first kappa shape index (κ1) is 31.0. The van der Waals surface area contributed by atoms with E-state index in [0.29, 0.717) is 0 Å². The van der Waals surface area contributed by atoms with Crippen molar-refractivity contribution in [3.63, 3.8) is 0 Å². The lowest BCUT2D eigenvalue weighted by Gasteiger charge is -2.32. The molecule has 0 N–H and O–H groups in total. The van der Waals surface area contributed by atoms with Crippen molar-refractivity contribution >= 4 is 22.1 Å². The van der Waals surface area contributed by atoms with Gasteiger partial charge in [-0.15, -0.1) is 0 Å². The number of rotatable bonds is 13. The van der Waals surface area contributed by atoms with Crippen molar-refractivity contribution in [3.05, 3.63) is 12.4 Å². The van der Waals surface area contributed by atoms with E-state index >= 15 is 0 Å². The van der Waals surface area contributed by atoms with Crippen LogP contribution in [0.25, 0.3) is 0 Å². The average Bonchev–Trinajstić information content (AvgIpc) is 2.62. The Morgan fingerprint density at radius 3 is 1.94 bits per heavy atom. The highest BCUT2D eigenvalue weighted by Crippen LogP contribution is 2.42. The van der Waals surface area contributed by atoms with Gasteiger partial charge < -0.3 is 18.8 Å². The summed E-state index contributed by atoms with van der Waals surface area (Å²) in [6.45, 7) is 3.21. The molecule has 0 rings (SSSR count). The van der Waals surface area contributed by atoms with Gasteiger partial charge in [-0.25, -0.2) is 18.0 Å². The van der Waals surface area contributed by atoms with Crippen molar-refractivity contribution in [2.75, 3.05) is 13.2 Å². The summed E-state index contributed by atoms with van der Waals surface area (Å²) in [5.74, 6) is -17.3. The first-order chi connectivity index (χ1) is 14.6. The van der Waals surface area contributed by atoms with Gasteiger partial charge in [0, 0.05) is 6.42 Å². The topological polar surface area (TPSA) is 119 Å². The van der Waals surface area contributed by atoms with E-state index in [0.717, 1.165) is 0 Å². The molecule has 0 aromatic rings. The van der Waals surface area contributed by atoms with E-state index in [2.05, 4.69) is 20.8 Å². The van der Waals surface area contributed by atoms with Crippen LogP contribution in [0.5, 0.6) is 0 Å². The van der Waals surface area contributed by atoms with Crippen molar-refractivity contribution in [1.82, 2.24) is 0 Å². The summed E-state index contributed by atoms with van der Waals surface area (Å²) in [6, 6.07) is 0. The molecule has 0 saturated heterocycles. The molecule has 33 heavy (non-hydrogen) atoms. The lowest BCUT2D eigenvalue weighted by atomic mass is 10.1. The van der Waals surface area contributed by atoms with E-state index in [9.17, 15) is 57.7 Å². The first-order valence-electron chi connectivity index (χ1n) is 8.79. The molecule has 0 aliphatic carbocycles. The van der Waals surface area contributed by atoms with Gasteiger partial charge in [-0.1, -0.05) is 20.4 Å². The van der Waals surface area contributed by atoms with E-state index in [-0.39, 0.29) is 0 Å². The van der Waals surface area contributed by atoms with Crippen molar-refractivity contribution in [2.24, 2.45) is 5.92 Å². The summed E-state index contributed by atoms with van der Waals surface area (Å²) in [7, 11) is -6.77. The minimum Gasteiger partial charge on any atom is -0.743 e. The maximum atomic E-state index is 13.6. The van der Waals surface area contributed by atoms with E-state index in [1.165, 1.54) is 13.8 Å². The lowest BCUT2D eigenvalue weighted by Crippen LogP contribution is -2.58. The van der Waals surface area contributed by atoms with E-state index in [1.54, 1.807) is 0 Å². The number of halogens is 8. The lowest BCUT2D eigenvalue weighted by molar-refractivity contribution is -0.355. The molecule has 1 atom stereocenters. The molecule has 1 unspecified atom stereocenters. The molecule has 0 aliphatic rings. The van der Waals surface area contributed by atoms with Gasteiger partial charge >= 0.3 is 35.1 Å². The quantitative estimate of drug-likeness (QED) is 0.0900. The zero-order chi connectivity index (χ0) is 26.5. The number of carbonyl (C=O) groups is 2. The largest absolute Gasteiger partial charge is 0.743 e. The van der Waals surface area contributed by atoms with Crippen LogP contribution in [0.4, 0.5) is 35.1 Å². The summed E-state index contributed by atoms with van der Waals surface area (Å²) < 4.78 is 150. The number of carbonyl (C=O) groups excluding carboxylic acids is 2. The summed E-state index contributed by atoms with van der Waals surface area (Å²) >= 11 is 0. The van der Waals surface area contributed by atoms with Crippen molar-refractivity contribution in [3.8, 4) is 0 Å². The van der Waals surface area contributed by atoms with Crippen molar-refractivity contribution in [2.45, 2.75) is 56.3 Å². The van der Waals surface area contributed by atoms with E-state index in [4.69, 9.17) is 0 Å². The molecule has 0 spiro atoms. The molecule has 0 heterocycles. The molecule has 0 aromatic carbocycles. The van der Waals surface area contributed by atoms with Crippen LogP contribution in [-0.4, -0.2) is 61.3 Å². The van der Waals surface area contributed by atoms with Gasteiger partial charge in [-0.3, -0.25) is 0 Å². The Balaban J connectivity index is 5.56. The molecule has 0 saturated carbocycles. The predicted octanol–water partition coefficient (Wildman–Crippen LogP) is 3.43. The van der Waals surface area contributed by atoms with Crippen LogP contribution < -0.4 is 0 Å². The minimum atomic E-state index is -6.77. The van der Waals surface area contributed by atoms with Gasteiger partial charge in [0.25, 0.3) is 0 Å². The SMILES string of the molecule is C=C(F)C(=O)OC(OCCCCC(F)(F)C(F)(F)S(=O)(=O)[O-])(C(=O)OCC(C)C)C(F)(F)F. The van der Waals surface area contributed by atoms with Crippen LogP contribution in [0.2, 0.25) is 0 Å². The molecule has 0 fully saturated rings. The second kappa shape index (κ2) is 10.9. The number of esters is 2. The van der Waals surface area contributed by atoms with Gasteiger partial charge in [0.05, 0.1) is 13.2 Å². The molecule has 0 amide bonds. The van der Waals surface area contributed by atoms with Crippen LogP contribution in [0.3, 0.4) is 0 Å².